The summed E-state index contributed by atoms with van der Waals surface area (Å²) in [6, 6.07) is 10.4. The number of carbonyl (C=O) groups excluding carboxylic acids is 2. The first kappa shape index (κ1) is 25.8. The number of benzene rings is 1. The van der Waals surface area contributed by atoms with Crippen molar-refractivity contribution < 1.29 is 14.3 Å². The van der Waals surface area contributed by atoms with E-state index in [0.29, 0.717) is 25.3 Å². The summed E-state index contributed by atoms with van der Waals surface area (Å²) in [4.78, 5) is 30.3. The largest absolute Gasteiger partial charge is 0.381 e. The minimum Gasteiger partial charge on any atom is -0.381 e. The first-order valence-electron chi connectivity index (χ1n) is 9.44. The Bertz CT molecular complexity index is 800. The van der Waals surface area contributed by atoms with Gasteiger partial charge in [-0.25, -0.2) is 0 Å². The second kappa shape index (κ2) is 12.5. The Balaban J connectivity index is 0.00000225. The van der Waals surface area contributed by atoms with E-state index in [2.05, 4.69) is 10.3 Å². The Hall–Kier alpha value is -2.19. The minimum atomic E-state index is -0.507. The Kier molecular flexibility index (Phi) is 10.8. The summed E-state index contributed by atoms with van der Waals surface area (Å²) in [6.45, 7) is 1.73. The van der Waals surface area contributed by atoms with E-state index >= 15 is 0 Å². The van der Waals surface area contributed by atoms with Gasteiger partial charge in [0.25, 0.3) is 5.91 Å². The number of carbonyl (C=O) groups is 2. The number of ether oxygens (including phenoxy) is 1. The lowest BCUT2D eigenvalue weighted by atomic mass is 9.92. The molecule has 2 heterocycles. The zero-order chi connectivity index (χ0) is 19.9. The van der Waals surface area contributed by atoms with Crippen LogP contribution in [0.3, 0.4) is 0 Å². The van der Waals surface area contributed by atoms with Crippen molar-refractivity contribution in [3.8, 4) is 0 Å². The van der Waals surface area contributed by atoms with Crippen LogP contribution in [-0.4, -0.2) is 43.1 Å². The number of nitrogens with one attached hydrogen (secondary N) is 1. The average molecular weight is 455 g/mol. The van der Waals surface area contributed by atoms with Crippen LogP contribution in [0.5, 0.6) is 0 Å². The maximum absolute atomic E-state index is 12.5. The molecule has 7 nitrogen and oxygen atoms in total. The van der Waals surface area contributed by atoms with Crippen molar-refractivity contribution in [3.05, 3.63) is 59.9 Å². The number of anilines is 1. The van der Waals surface area contributed by atoms with Crippen LogP contribution in [-0.2, 0) is 16.1 Å². The molecule has 1 saturated heterocycles. The fourth-order valence-electron chi connectivity index (χ4n) is 3.24. The van der Waals surface area contributed by atoms with Gasteiger partial charge in [0, 0.05) is 50.5 Å². The van der Waals surface area contributed by atoms with Crippen molar-refractivity contribution in [2.24, 2.45) is 11.7 Å². The maximum Gasteiger partial charge on any atom is 0.258 e. The number of amides is 2. The molecule has 1 aliphatic rings. The van der Waals surface area contributed by atoms with E-state index in [4.69, 9.17) is 10.5 Å². The van der Waals surface area contributed by atoms with Crippen molar-refractivity contribution in [1.82, 2.24) is 10.3 Å². The Morgan fingerprint density at radius 3 is 2.33 bits per heavy atom. The first-order chi connectivity index (χ1) is 13.6. The molecule has 2 amide bonds. The van der Waals surface area contributed by atoms with Crippen LogP contribution in [0, 0.1) is 5.92 Å². The minimum absolute atomic E-state index is 0. The zero-order valence-corrected chi connectivity index (χ0v) is 18.5. The summed E-state index contributed by atoms with van der Waals surface area (Å²) in [6.07, 6.45) is 4.83. The summed E-state index contributed by atoms with van der Waals surface area (Å²) in [5.41, 5.74) is 8.39. The van der Waals surface area contributed by atoms with Crippen molar-refractivity contribution in [1.29, 1.82) is 0 Å². The van der Waals surface area contributed by atoms with E-state index in [1.807, 2.05) is 24.3 Å². The number of halogens is 2. The molecule has 2 aromatic rings. The second-order valence-electron chi connectivity index (χ2n) is 6.96. The molecular weight excluding hydrogens is 427 g/mol. The van der Waals surface area contributed by atoms with E-state index in [1.165, 1.54) is 0 Å². The van der Waals surface area contributed by atoms with Crippen molar-refractivity contribution in [2.75, 3.05) is 25.2 Å². The van der Waals surface area contributed by atoms with Crippen LogP contribution in [0.4, 0.5) is 5.69 Å². The summed E-state index contributed by atoms with van der Waals surface area (Å²) in [7, 11) is 1.73. The van der Waals surface area contributed by atoms with Gasteiger partial charge in [0.2, 0.25) is 5.91 Å². The van der Waals surface area contributed by atoms with Crippen LogP contribution < -0.4 is 16.0 Å². The lowest BCUT2D eigenvalue weighted by molar-refractivity contribution is -0.124. The zero-order valence-electron chi connectivity index (χ0n) is 16.8. The van der Waals surface area contributed by atoms with Crippen molar-refractivity contribution in [3.63, 3.8) is 0 Å². The van der Waals surface area contributed by atoms with Crippen LogP contribution in [0.2, 0.25) is 0 Å². The maximum atomic E-state index is 12.5. The molecule has 1 aromatic carbocycles. The van der Waals surface area contributed by atoms with Crippen LogP contribution in [0.1, 0.15) is 28.8 Å². The predicted molar refractivity (Wildman–Crippen MR) is 121 cm³/mol. The number of aromatic nitrogens is 1. The van der Waals surface area contributed by atoms with Gasteiger partial charge in [-0.2, -0.15) is 0 Å². The molecule has 3 rings (SSSR count). The lowest BCUT2D eigenvalue weighted by Gasteiger charge is -2.26. The molecule has 1 aromatic heterocycles. The standard InChI is InChI=1S/C21H26N4O3.2ClH/c1-25(21(27)17-6-10-23-11-7-17)18-4-2-15(3-5-18)14-24-20(26)19(22)16-8-12-28-13-9-16;;/h2-7,10-11,16,19H,8-9,12-14,22H2,1H3,(H,24,26);2*1H. The van der Waals surface area contributed by atoms with Crippen LogP contribution in [0.15, 0.2) is 48.8 Å². The molecule has 0 bridgehead atoms. The summed E-state index contributed by atoms with van der Waals surface area (Å²) in [5.74, 6) is -0.0733. The van der Waals surface area contributed by atoms with Crippen LogP contribution >= 0.6 is 24.8 Å². The summed E-state index contributed by atoms with van der Waals surface area (Å²) >= 11 is 0. The lowest BCUT2D eigenvalue weighted by Crippen LogP contribution is -2.46. The van der Waals surface area contributed by atoms with Gasteiger partial charge in [-0.1, -0.05) is 12.1 Å². The Labute approximate surface area is 189 Å². The monoisotopic (exact) mass is 454 g/mol. The Morgan fingerprint density at radius 1 is 1.13 bits per heavy atom. The van der Waals surface area contributed by atoms with Gasteiger partial charge in [-0.3, -0.25) is 14.6 Å². The normalized spacial score (nSPS) is 14.6. The molecule has 0 spiro atoms. The highest BCUT2D eigenvalue weighted by Gasteiger charge is 2.26. The number of hydrogen-bond acceptors (Lipinski definition) is 5. The fraction of sp³-hybridized carbons (Fsp3) is 0.381. The molecule has 1 aliphatic heterocycles. The van der Waals surface area contributed by atoms with E-state index < -0.39 is 6.04 Å². The molecule has 0 saturated carbocycles. The third-order valence-corrected chi connectivity index (χ3v) is 5.10. The fourth-order valence-corrected chi connectivity index (χ4v) is 3.24. The molecular formula is C21H28Cl2N4O3. The molecule has 30 heavy (non-hydrogen) atoms. The average Bonchev–Trinajstić information content (AvgIpc) is 2.77. The SMILES string of the molecule is CN(C(=O)c1ccncc1)c1ccc(CNC(=O)C(N)C2CCOCC2)cc1.Cl.Cl. The smallest absolute Gasteiger partial charge is 0.258 e. The number of nitrogens with two attached hydrogens (primary N) is 1. The Morgan fingerprint density at radius 2 is 1.73 bits per heavy atom. The third kappa shape index (κ3) is 6.67. The van der Waals surface area contributed by atoms with Crippen LogP contribution in [0.25, 0.3) is 0 Å². The third-order valence-electron chi connectivity index (χ3n) is 5.10. The van der Waals surface area contributed by atoms with Gasteiger partial charge in [-0.15, -0.1) is 24.8 Å². The number of hydrogen-bond donors (Lipinski definition) is 2. The van der Waals surface area contributed by atoms with Crippen molar-refractivity contribution in [2.45, 2.75) is 25.4 Å². The number of pyridine rings is 1. The highest BCUT2D eigenvalue weighted by Crippen LogP contribution is 2.19. The highest BCUT2D eigenvalue weighted by molar-refractivity contribution is 6.05. The van der Waals surface area contributed by atoms with Crippen molar-refractivity contribution >= 4 is 42.3 Å². The van der Waals surface area contributed by atoms with Gasteiger partial charge < -0.3 is 20.7 Å². The van der Waals surface area contributed by atoms with E-state index in [1.54, 1.807) is 36.5 Å². The predicted octanol–water partition coefficient (Wildman–Crippen LogP) is 2.57. The topological polar surface area (TPSA) is 97.6 Å². The van der Waals surface area contributed by atoms with Gasteiger partial charge in [0.15, 0.2) is 0 Å². The van der Waals surface area contributed by atoms with Gasteiger partial charge >= 0.3 is 0 Å². The molecule has 0 radical (unpaired) electrons. The number of nitrogens with zero attached hydrogens (tertiary/aromatic N) is 2. The van der Waals surface area contributed by atoms with E-state index in [9.17, 15) is 9.59 Å². The quantitative estimate of drug-likeness (QED) is 0.698. The molecule has 9 heteroatoms. The molecule has 1 atom stereocenters. The molecule has 0 aliphatic carbocycles. The van der Waals surface area contributed by atoms with E-state index in [0.717, 1.165) is 24.1 Å². The van der Waals surface area contributed by atoms with Gasteiger partial charge in [0.1, 0.15) is 0 Å². The van der Waals surface area contributed by atoms with Gasteiger partial charge in [0.05, 0.1) is 6.04 Å². The van der Waals surface area contributed by atoms with E-state index in [-0.39, 0.29) is 42.5 Å². The number of rotatable bonds is 6. The molecule has 164 valence electrons. The highest BCUT2D eigenvalue weighted by atomic mass is 35.5. The molecule has 1 unspecified atom stereocenters. The molecule has 3 N–H and O–H groups in total. The molecule has 1 fully saturated rings. The summed E-state index contributed by atoms with van der Waals surface area (Å²) in [5, 5.41) is 2.90. The van der Waals surface area contributed by atoms with Gasteiger partial charge in [-0.05, 0) is 48.6 Å². The first-order valence-corrected chi connectivity index (χ1v) is 9.44. The summed E-state index contributed by atoms with van der Waals surface area (Å²) < 4.78 is 5.32. The second-order valence-corrected chi connectivity index (χ2v) is 6.96.